The Morgan fingerprint density at radius 3 is 1.75 bits per heavy atom. The van der Waals surface area contributed by atoms with Crippen LogP contribution in [0.5, 0.6) is 5.75 Å². The van der Waals surface area contributed by atoms with Crippen LogP contribution < -0.4 is 4.74 Å². The number of halogens is 4. The van der Waals surface area contributed by atoms with E-state index < -0.39 is 40.7 Å². The molecule has 1 aromatic rings. The first-order valence-corrected chi connectivity index (χ1v) is 4.55. The van der Waals surface area contributed by atoms with Gasteiger partial charge in [0.2, 0.25) is 11.6 Å². The minimum Gasteiger partial charge on any atom is -0.485 e. The van der Waals surface area contributed by atoms with Crippen LogP contribution in [0.2, 0.25) is 0 Å². The lowest BCUT2D eigenvalue weighted by Crippen LogP contribution is -2.12. The molecule has 1 rings (SSSR count). The molecule has 0 bridgehead atoms. The van der Waals surface area contributed by atoms with Gasteiger partial charge in [-0.05, 0) is 13.8 Å². The predicted octanol–water partition coefficient (Wildman–Crippen LogP) is 3.67. The van der Waals surface area contributed by atoms with Gasteiger partial charge in [-0.15, -0.1) is 0 Å². The van der Waals surface area contributed by atoms with Crippen molar-refractivity contribution in [2.75, 3.05) is 0 Å². The van der Waals surface area contributed by atoms with Gasteiger partial charge in [-0.1, -0.05) is 12.7 Å². The summed E-state index contributed by atoms with van der Waals surface area (Å²) >= 11 is 0. The monoisotopic (exact) mass is 234 g/mol. The third-order valence-corrected chi connectivity index (χ3v) is 1.81. The highest BCUT2D eigenvalue weighted by Gasteiger charge is 2.25. The Bertz CT molecular complexity index is 397. The van der Waals surface area contributed by atoms with E-state index in [9.17, 15) is 17.6 Å². The number of hydrogen-bond donors (Lipinski definition) is 0. The Kier molecular flexibility index (Phi) is 3.57. The fourth-order valence-electron chi connectivity index (χ4n) is 1.15. The molecule has 0 aliphatic carbocycles. The van der Waals surface area contributed by atoms with Crippen molar-refractivity contribution in [3.63, 3.8) is 0 Å². The van der Waals surface area contributed by atoms with Crippen molar-refractivity contribution in [2.45, 2.75) is 20.0 Å². The first-order chi connectivity index (χ1) is 7.40. The third kappa shape index (κ3) is 2.03. The topological polar surface area (TPSA) is 9.23 Å². The van der Waals surface area contributed by atoms with Crippen LogP contribution in [-0.4, -0.2) is 6.10 Å². The van der Waals surface area contributed by atoms with Crippen LogP contribution in [-0.2, 0) is 0 Å². The summed E-state index contributed by atoms with van der Waals surface area (Å²) in [6.45, 7) is 6.04. The maximum atomic E-state index is 13.3. The molecule has 0 atom stereocenters. The number of ether oxygens (including phenoxy) is 1. The van der Waals surface area contributed by atoms with E-state index in [1.54, 1.807) is 0 Å². The lowest BCUT2D eigenvalue weighted by molar-refractivity contribution is 0.212. The van der Waals surface area contributed by atoms with Crippen LogP contribution in [0.1, 0.15) is 19.4 Å². The van der Waals surface area contributed by atoms with Gasteiger partial charge >= 0.3 is 0 Å². The second-order valence-corrected chi connectivity index (χ2v) is 3.37. The van der Waals surface area contributed by atoms with Crippen molar-refractivity contribution >= 4 is 6.08 Å². The van der Waals surface area contributed by atoms with E-state index in [4.69, 9.17) is 0 Å². The predicted molar refractivity (Wildman–Crippen MR) is 52.1 cm³/mol. The van der Waals surface area contributed by atoms with Crippen LogP contribution in [0.25, 0.3) is 6.08 Å². The Morgan fingerprint density at radius 1 is 1.00 bits per heavy atom. The molecule has 1 aromatic carbocycles. The van der Waals surface area contributed by atoms with Crippen molar-refractivity contribution in [2.24, 2.45) is 0 Å². The lowest BCUT2D eigenvalue weighted by Gasteiger charge is -2.13. The van der Waals surface area contributed by atoms with E-state index in [0.717, 1.165) is 0 Å². The van der Waals surface area contributed by atoms with Gasteiger partial charge in [0.25, 0.3) is 0 Å². The van der Waals surface area contributed by atoms with Gasteiger partial charge in [0.05, 0.1) is 11.7 Å². The Labute approximate surface area is 90.3 Å². The van der Waals surface area contributed by atoms with Crippen molar-refractivity contribution < 1.29 is 22.3 Å². The zero-order chi connectivity index (χ0) is 12.5. The second kappa shape index (κ2) is 4.55. The molecular formula is C11H10F4O. The fraction of sp³-hybridized carbons (Fsp3) is 0.273. The Morgan fingerprint density at radius 2 is 1.44 bits per heavy atom. The largest absolute Gasteiger partial charge is 0.485 e. The average Bonchev–Trinajstić information content (AvgIpc) is 2.22. The van der Waals surface area contributed by atoms with Crippen molar-refractivity contribution in [3.8, 4) is 5.75 Å². The van der Waals surface area contributed by atoms with E-state index in [2.05, 4.69) is 11.3 Å². The first-order valence-electron chi connectivity index (χ1n) is 4.55. The van der Waals surface area contributed by atoms with E-state index in [1.807, 2.05) is 0 Å². The molecule has 0 aliphatic rings. The minimum absolute atomic E-state index is 0.600. The molecule has 0 unspecified atom stereocenters. The SMILES string of the molecule is C=Cc1c(F)c(F)c(OC(C)C)c(F)c1F. The quantitative estimate of drug-likeness (QED) is 0.572. The highest BCUT2D eigenvalue weighted by Crippen LogP contribution is 2.31. The molecule has 5 heteroatoms. The maximum absolute atomic E-state index is 13.3. The highest BCUT2D eigenvalue weighted by molar-refractivity contribution is 5.51. The summed E-state index contributed by atoms with van der Waals surface area (Å²) < 4.78 is 57.7. The first kappa shape index (κ1) is 12.5. The van der Waals surface area contributed by atoms with Gasteiger partial charge in [-0.3, -0.25) is 0 Å². The van der Waals surface area contributed by atoms with E-state index in [1.165, 1.54) is 13.8 Å². The molecule has 0 aromatic heterocycles. The van der Waals surface area contributed by atoms with E-state index in [0.29, 0.717) is 6.08 Å². The van der Waals surface area contributed by atoms with Crippen molar-refractivity contribution in [3.05, 3.63) is 35.4 Å². The zero-order valence-corrected chi connectivity index (χ0v) is 8.78. The third-order valence-electron chi connectivity index (χ3n) is 1.81. The molecule has 0 saturated carbocycles. The summed E-state index contributed by atoms with van der Waals surface area (Å²) in [7, 11) is 0. The molecule has 0 amide bonds. The van der Waals surface area contributed by atoms with Crippen LogP contribution >= 0.6 is 0 Å². The normalized spacial score (nSPS) is 10.7. The van der Waals surface area contributed by atoms with Gasteiger partial charge < -0.3 is 4.74 Å². The number of hydrogen-bond acceptors (Lipinski definition) is 1. The van der Waals surface area contributed by atoms with Gasteiger partial charge in [0, 0.05) is 0 Å². The molecule has 0 heterocycles. The number of rotatable bonds is 3. The smallest absolute Gasteiger partial charge is 0.204 e. The molecule has 0 fully saturated rings. The summed E-state index contributed by atoms with van der Waals surface area (Å²) in [4.78, 5) is 0. The van der Waals surface area contributed by atoms with Gasteiger partial charge in [0.1, 0.15) is 0 Å². The fourth-order valence-corrected chi connectivity index (χ4v) is 1.15. The van der Waals surface area contributed by atoms with E-state index in [-0.39, 0.29) is 0 Å². The highest BCUT2D eigenvalue weighted by atomic mass is 19.2. The molecule has 0 aliphatic heterocycles. The molecule has 0 saturated heterocycles. The summed E-state index contributed by atoms with van der Waals surface area (Å²) in [6, 6.07) is 0. The number of benzene rings is 1. The molecule has 88 valence electrons. The summed E-state index contributed by atoms with van der Waals surface area (Å²) in [5.41, 5.74) is -0.842. The maximum Gasteiger partial charge on any atom is 0.204 e. The lowest BCUT2D eigenvalue weighted by atomic mass is 10.1. The van der Waals surface area contributed by atoms with Gasteiger partial charge in [-0.2, -0.15) is 8.78 Å². The van der Waals surface area contributed by atoms with Gasteiger partial charge in [-0.25, -0.2) is 8.78 Å². The van der Waals surface area contributed by atoms with Crippen LogP contribution in [0, 0.1) is 23.3 Å². The molecule has 0 radical (unpaired) electrons. The van der Waals surface area contributed by atoms with Crippen LogP contribution in [0.3, 0.4) is 0 Å². The van der Waals surface area contributed by atoms with Gasteiger partial charge in [0.15, 0.2) is 17.4 Å². The van der Waals surface area contributed by atoms with Crippen molar-refractivity contribution in [1.29, 1.82) is 0 Å². The molecular weight excluding hydrogens is 224 g/mol. The second-order valence-electron chi connectivity index (χ2n) is 3.37. The minimum atomic E-state index is -1.55. The van der Waals surface area contributed by atoms with E-state index >= 15 is 0 Å². The summed E-state index contributed by atoms with van der Waals surface area (Å²) in [5.74, 6) is -7.17. The Hall–Kier alpha value is -1.52. The molecule has 16 heavy (non-hydrogen) atoms. The Balaban J connectivity index is 3.47. The molecule has 0 spiro atoms. The average molecular weight is 234 g/mol. The van der Waals surface area contributed by atoms with Crippen molar-refractivity contribution in [1.82, 2.24) is 0 Å². The van der Waals surface area contributed by atoms with Crippen LogP contribution in [0.15, 0.2) is 6.58 Å². The summed E-state index contributed by atoms with van der Waals surface area (Å²) in [6.07, 6.45) is 0.105. The zero-order valence-electron chi connectivity index (χ0n) is 8.78. The standard InChI is InChI=1S/C11H10F4O/c1-4-6-7(12)9(14)11(16-5(2)3)10(15)8(6)13/h4-5H,1H2,2-3H3. The molecule has 0 N–H and O–H groups in total. The van der Waals surface area contributed by atoms with Crippen LogP contribution in [0.4, 0.5) is 17.6 Å². The summed E-state index contributed by atoms with van der Waals surface area (Å²) in [5, 5.41) is 0. The molecule has 1 nitrogen and oxygen atoms in total.